The van der Waals surface area contributed by atoms with E-state index in [9.17, 15) is 0 Å². The van der Waals surface area contributed by atoms with Crippen molar-refractivity contribution in [3.05, 3.63) is 35.9 Å². The normalized spacial score (nSPS) is 17.1. The van der Waals surface area contributed by atoms with Crippen LogP contribution in [-0.2, 0) is 0 Å². The average molecular weight is 206 g/mol. The second-order valence-corrected chi connectivity index (χ2v) is 4.37. The molecule has 0 aromatic heterocycles. The first-order valence-corrected chi connectivity index (χ1v) is 5.65. The first kappa shape index (κ1) is 12.2. The third-order valence-electron chi connectivity index (χ3n) is 2.90. The fourth-order valence-corrected chi connectivity index (χ4v) is 1.45. The van der Waals surface area contributed by atoms with Crippen molar-refractivity contribution in [1.82, 2.24) is 5.32 Å². The molecule has 2 nitrogen and oxygen atoms in total. The van der Waals surface area contributed by atoms with Crippen LogP contribution in [0.2, 0.25) is 0 Å². The second kappa shape index (κ2) is 5.89. The van der Waals surface area contributed by atoms with Gasteiger partial charge in [-0.25, -0.2) is 0 Å². The zero-order chi connectivity index (χ0) is 11.3. The van der Waals surface area contributed by atoms with Gasteiger partial charge in [0.1, 0.15) is 0 Å². The maximum atomic E-state index is 5.80. The Labute approximate surface area is 92.9 Å². The highest BCUT2D eigenvalue weighted by Crippen LogP contribution is 2.13. The lowest BCUT2D eigenvalue weighted by molar-refractivity contribution is 0.462. The summed E-state index contributed by atoms with van der Waals surface area (Å²) >= 11 is 0. The molecule has 0 spiro atoms. The van der Waals surface area contributed by atoms with E-state index in [4.69, 9.17) is 5.73 Å². The van der Waals surface area contributed by atoms with E-state index in [-0.39, 0.29) is 6.04 Å². The molecule has 15 heavy (non-hydrogen) atoms. The van der Waals surface area contributed by atoms with Crippen LogP contribution in [-0.4, -0.2) is 18.6 Å². The largest absolute Gasteiger partial charge is 0.327 e. The van der Waals surface area contributed by atoms with Crippen LogP contribution in [0.4, 0.5) is 0 Å². The summed E-state index contributed by atoms with van der Waals surface area (Å²) in [6, 6.07) is 11.1. The summed E-state index contributed by atoms with van der Waals surface area (Å²) in [5.41, 5.74) is 7.18. The molecule has 0 saturated carbocycles. The minimum atomic E-state index is 0.202. The molecule has 0 fully saturated rings. The molecule has 2 heteroatoms. The molecular formula is C13H22N2. The van der Waals surface area contributed by atoms with Crippen LogP contribution >= 0.6 is 0 Å². The summed E-state index contributed by atoms with van der Waals surface area (Å²) in [7, 11) is 0. The van der Waals surface area contributed by atoms with Crippen LogP contribution in [0.15, 0.2) is 30.3 Å². The van der Waals surface area contributed by atoms with Crippen molar-refractivity contribution < 1.29 is 0 Å². The van der Waals surface area contributed by atoms with Crippen molar-refractivity contribution >= 4 is 0 Å². The van der Waals surface area contributed by atoms with Crippen LogP contribution in [0.25, 0.3) is 0 Å². The summed E-state index contributed by atoms with van der Waals surface area (Å²) in [5, 5.41) is 3.46. The lowest BCUT2D eigenvalue weighted by Gasteiger charge is -2.20. The van der Waals surface area contributed by atoms with Crippen LogP contribution in [0, 0.1) is 0 Å². The molecule has 0 aliphatic carbocycles. The Morgan fingerprint density at radius 1 is 1.13 bits per heavy atom. The van der Waals surface area contributed by atoms with E-state index in [2.05, 4.69) is 43.4 Å². The topological polar surface area (TPSA) is 38.0 Å². The van der Waals surface area contributed by atoms with E-state index < -0.39 is 0 Å². The molecule has 3 N–H and O–H groups in total. The van der Waals surface area contributed by atoms with Crippen molar-refractivity contribution in [3.63, 3.8) is 0 Å². The van der Waals surface area contributed by atoms with E-state index in [1.165, 1.54) is 5.56 Å². The zero-order valence-corrected chi connectivity index (χ0v) is 9.90. The predicted molar refractivity (Wildman–Crippen MR) is 66.0 cm³/mol. The van der Waals surface area contributed by atoms with Crippen molar-refractivity contribution in [2.24, 2.45) is 5.73 Å². The second-order valence-electron chi connectivity index (χ2n) is 4.37. The van der Waals surface area contributed by atoms with E-state index in [0.717, 1.165) is 6.54 Å². The van der Waals surface area contributed by atoms with Gasteiger partial charge in [0.2, 0.25) is 0 Å². The molecular weight excluding hydrogens is 184 g/mol. The molecule has 1 aromatic carbocycles. The molecule has 0 heterocycles. The molecule has 3 atom stereocenters. The van der Waals surface area contributed by atoms with Gasteiger partial charge in [0.15, 0.2) is 0 Å². The Morgan fingerprint density at radius 3 is 2.27 bits per heavy atom. The quantitative estimate of drug-likeness (QED) is 0.774. The highest BCUT2D eigenvalue weighted by molar-refractivity contribution is 5.18. The number of benzene rings is 1. The predicted octanol–water partition coefficient (Wildman–Crippen LogP) is 2.12. The summed E-state index contributed by atoms with van der Waals surface area (Å²) in [6.45, 7) is 7.37. The van der Waals surface area contributed by atoms with Crippen molar-refractivity contribution in [2.45, 2.75) is 38.8 Å². The zero-order valence-electron chi connectivity index (χ0n) is 9.90. The number of hydrogen-bond donors (Lipinski definition) is 2. The van der Waals surface area contributed by atoms with Crippen molar-refractivity contribution in [2.75, 3.05) is 6.54 Å². The van der Waals surface area contributed by atoms with Gasteiger partial charge in [0.05, 0.1) is 0 Å². The SMILES string of the molecule is CC(CNC(C)C(C)N)c1ccccc1. The Kier molecular flexibility index (Phi) is 4.79. The van der Waals surface area contributed by atoms with Gasteiger partial charge in [-0.1, -0.05) is 37.3 Å². The number of nitrogens with one attached hydrogen (secondary N) is 1. The monoisotopic (exact) mass is 206 g/mol. The van der Waals surface area contributed by atoms with Gasteiger partial charge in [0, 0.05) is 18.6 Å². The van der Waals surface area contributed by atoms with Crippen LogP contribution in [0.1, 0.15) is 32.3 Å². The number of rotatable bonds is 5. The molecule has 0 amide bonds. The van der Waals surface area contributed by atoms with Gasteiger partial charge in [-0.2, -0.15) is 0 Å². The molecule has 1 rings (SSSR count). The number of hydrogen-bond acceptors (Lipinski definition) is 2. The van der Waals surface area contributed by atoms with E-state index >= 15 is 0 Å². The molecule has 0 bridgehead atoms. The van der Waals surface area contributed by atoms with Gasteiger partial charge in [-0.05, 0) is 25.3 Å². The molecule has 0 radical (unpaired) electrons. The summed E-state index contributed by atoms with van der Waals surface area (Å²) in [4.78, 5) is 0. The van der Waals surface area contributed by atoms with Gasteiger partial charge < -0.3 is 11.1 Å². The third kappa shape index (κ3) is 4.02. The smallest absolute Gasteiger partial charge is 0.0188 e. The van der Waals surface area contributed by atoms with Crippen molar-refractivity contribution in [3.8, 4) is 0 Å². The molecule has 0 aliphatic rings. The minimum Gasteiger partial charge on any atom is -0.327 e. The Morgan fingerprint density at radius 2 is 1.73 bits per heavy atom. The summed E-state index contributed by atoms with van der Waals surface area (Å²) in [5.74, 6) is 0.535. The first-order chi connectivity index (χ1) is 7.11. The maximum absolute atomic E-state index is 5.80. The lowest BCUT2D eigenvalue weighted by Crippen LogP contribution is -2.42. The van der Waals surface area contributed by atoms with Gasteiger partial charge >= 0.3 is 0 Å². The lowest BCUT2D eigenvalue weighted by atomic mass is 10.0. The molecule has 1 aromatic rings. The summed E-state index contributed by atoms with van der Waals surface area (Å²) in [6.07, 6.45) is 0. The first-order valence-electron chi connectivity index (χ1n) is 5.65. The number of nitrogens with two attached hydrogens (primary N) is 1. The van der Waals surface area contributed by atoms with Crippen LogP contribution in [0.5, 0.6) is 0 Å². The fourth-order valence-electron chi connectivity index (χ4n) is 1.45. The van der Waals surface area contributed by atoms with Crippen LogP contribution in [0.3, 0.4) is 0 Å². The average Bonchev–Trinajstić information content (AvgIpc) is 2.26. The highest BCUT2D eigenvalue weighted by atomic mass is 14.9. The van der Waals surface area contributed by atoms with E-state index in [0.29, 0.717) is 12.0 Å². The van der Waals surface area contributed by atoms with Gasteiger partial charge in [-0.15, -0.1) is 0 Å². The molecule has 84 valence electrons. The minimum absolute atomic E-state index is 0.202. The Bertz CT molecular complexity index is 269. The van der Waals surface area contributed by atoms with Gasteiger partial charge in [0.25, 0.3) is 0 Å². The molecule has 0 aliphatic heterocycles. The van der Waals surface area contributed by atoms with E-state index in [1.807, 2.05) is 13.0 Å². The van der Waals surface area contributed by atoms with Gasteiger partial charge in [-0.3, -0.25) is 0 Å². The molecule has 0 saturated heterocycles. The standard InChI is InChI=1S/C13H22N2/c1-10(9-15-12(3)11(2)14)13-7-5-4-6-8-13/h4-8,10-12,15H,9,14H2,1-3H3. The van der Waals surface area contributed by atoms with Crippen molar-refractivity contribution in [1.29, 1.82) is 0 Å². The van der Waals surface area contributed by atoms with Crippen LogP contribution < -0.4 is 11.1 Å². The van der Waals surface area contributed by atoms with E-state index in [1.54, 1.807) is 0 Å². The summed E-state index contributed by atoms with van der Waals surface area (Å²) < 4.78 is 0. The maximum Gasteiger partial charge on any atom is 0.0188 e. The fraction of sp³-hybridized carbons (Fsp3) is 0.538. The highest BCUT2D eigenvalue weighted by Gasteiger charge is 2.09. The Hall–Kier alpha value is -0.860. The Balaban J connectivity index is 2.40. The third-order valence-corrected chi connectivity index (χ3v) is 2.90. The molecule has 3 unspecified atom stereocenters.